The summed E-state index contributed by atoms with van der Waals surface area (Å²) in [6.45, 7) is 1.99. The number of hydrogen-bond donors (Lipinski definition) is 1. The summed E-state index contributed by atoms with van der Waals surface area (Å²) in [5.74, 6) is -0.325. The summed E-state index contributed by atoms with van der Waals surface area (Å²) in [5.41, 5.74) is 4.25. The van der Waals surface area contributed by atoms with Crippen LogP contribution in [0, 0.1) is 12.7 Å². The zero-order valence-corrected chi connectivity index (χ0v) is 13.7. The number of para-hydroxylation sites is 1. The largest absolute Gasteiger partial charge is 0.361 e. The molecule has 0 saturated carbocycles. The van der Waals surface area contributed by atoms with Gasteiger partial charge in [-0.25, -0.2) is 4.39 Å². The number of carbonyl (C=O) groups excluding carboxylic acids is 1. The van der Waals surface area contributed by atoms with Crippen molar-refractivity contribution in [2.45, 2.75) is 13.1 Å². The molecule has 124 valence electrons. The Balaban J connectivity index is 1.80. The van der Waals surface area contributed by atoms with Crippen molar-refractivity contribution in [1.29, 1.82) is 0 Å². The van der Waals surface area contributed by atoms with E-state index in [-0.39, 0.29) is 17.9 Å². The summed E-state index contributed by atoms with van der Waals surface area (Å²) in [7, 11) is 0. The summed E-state index contributed by atoms with van der Waals surface area (Å²) in [5, 5.41) is 3.37. The minimum absolute atomic E-state index is 0.0375. The molecule has 0 radical (unpaired) electrons. The summed E-state index contributed by atoms with van der Waals surface area (Å²) in [6, 6.07) is 21.6. The van der Waals surface area contributed by atoms with Crippen molar-refractivity contribution >= 4 is 17.3 Å². The number of nitrogens with zero attached hydrogens (tertiary/aromatic N) is 1. The van der Waals surface area contributed by atoms with Crippen LogP contribution in [0.4, 0.5) is 15.8 Å². The van der Waals surface area contributed by atoms with Gasteiger partial charge in [0.25, 0.3) is 5.91 Å². The van der Waals surface area contributed by atoms with Gasteiger partial charge in [0.15, 0.2) is 0 Å². The predicted molar refractivity (Wildman–Crippen MR) is 97.2 cm³/mol. The molecule has 1 heterocycles. The number of amides is 1. The van der Waals surface area contributed by atoms with E-state index in [4.69, 9.17) is 0 Å². The maximum Gasteiger partial charge on any atom is 0.260 e. The molecule has 1 aliphatic rings. The highest BCUT2D eigenvalue weighted by Gasteiger charge is 2.38. The number of benzene rings is 3. The molecule has 3 nitrogen and oxygen atoms in total. The number of rotatable bonds is 3. The van der Waals surface area contributed by atoms with Crippen molar-refractivity contribution in [3.63, 3.8) is 0 Å². The first-order chi connectivity index (χ1) is 12.1. The summed E-state index contributed by atoms with van der Waals surface area (Å²) < 4.78 is 13.2. The van der Waals surface area contributed by atoms with Gasteiger partial charge in [-0.3, -0.25) is 9.69 Å². The van der Waals surface area contributed by atoms with Gasteiger partial charge in [-0.1, -0.05) is 36.4 Å². The zero-order valence-electron chi connectivity index (χ0n) is 13.7. The molecule has 1 amide bonds. The molecule has 3 aromatic carbocycles. The minimum Gasteiger partial charge on any atom is -0.361 e. The smallest absolute Gasteiger partial charge is 0.260 e. The van der Waals surface area contributed by atoms with Crippen molar-refractivity contribution in [2.24, 2.45) is 0 Å². The van der Waals surface area contributed by atoms with Gasteiger partial charge in [-0.05, 0) is 48.9 Å². The predicted octanol–water partition coefficient (Wildman–Crippen LogP) is 4.91. The molecule has 25 heavy (non-hydrogen) atoms. The highest BCUT2D eigenvalue weighted by atomic mass is 19.1. The number of anilines is 2. The average molecular weight is 332 g/mol. The topological polar surface area (TPSA) is 32.3 Å². The molecule has 0 aromatic heterocycles. The first-order valence-corrected chi connectivity index (χ1v) is 8.15. The van der Waals surface area contributed by atoms with Gasteiger partial charge in [0.05, 0.1) is 0 Å². The zero-order chi connectivity index (χ0) is 17.4. The number of halogens is 1. The van der Waals surface area contributed by atoms with Crippen LogP contribution < -0.4 is 10.2 Å². The van der Waals surface area contributed by atoms with Gasteiger partial charge >= 0.3 is 0 Å². The van der Waals surface area contributed by atoms with E-state index in [9.17, 15) is 9.18 Å². The monoisotopic (exact) mass is 332 g/mol. The Morgan fingerprint density at radius 3 is 2.36 bits per heavy atom. The quantitative estimate of drug-likeness (QED) is 0.739. The van der Waals surface area contributed by atoms with Crippen molar-refractivity contribution in [3.05, 3.63) is 95.3 Å². The van der Waals surface area contributed by atoms with Gasteiger partial charge in [0, 0.05) is 22.5 Å². The number of nitrogens with one attached hydrogen (secondary N) is 1. The highest BCUT2D eigenvalue weighted by Crippen LogP contribution is 2.39. The Bertz CT molecular complexity index is 937. The van der Waals surface area contributed by atoms with Crippen molar-refractivity contribution in [1.82, 2.24) is 0 Å². The first kappa shape index (κ1) is 15.4. The van der Waals surface area contributed by atoms with Crippen molar-refractivity contribution in [2.75, 3.05) is 10.2 Å². The SMILES string of the molecule is Cc1ccccc1N1C(=O)c2ccccc2[C@H]1Nc1ccc(F)cc1. The summed E-state index contributed by atoms with van der Waals surface area (Å²) in [4.78, 5) is 14.8. The lowest BCUT2D eigenvalue weighted by Gasteiger charge is -2.28. The van der Waals surface area contributed by atoms with E-state index in [1.165, 1.54) is 12.1 Å². The van der Waals surface area contributed by atoms with E-state index in [2.05, 4.69) is 5.32 Å². The van der Waals surface area contributed by atoms with E-state index < -0.39 is 0 Å². The van der Waals surface area contributed by atoms with Crippen LogP contribution in [0.25, 0.3) is 0 Å². The van der Waals surface area contributed by atoms with Crippen LogP contribution in [0.2, 0.25) is 0 Å². The molecule has 1 aliphatic heterocycles. The average Bonchev–Trinajstić information content (AvgIpc) is 2.90. The van der Waals surface area contributed by atoms with E-state index >= 15 is 0 Å². The van der Waals surface area contributed by atoms with Crippen LogP contribution in [0.1, 0.15) is 27.7 Å². The number of hydrogen-bond acceptors (Lipinski definition) is 2. The lowest BCUT2D eigenvalue weighted by atomic mass is 10.1. The molecule has 0 spiro atoms. The third-order valence-corrected chi connectivity index (χ3v) is 4.49. The highest BCUT2D eigenvalue weighted by molar-refractivity contribution is 6.11. The Labute approximate surface area is 145 Å². The van der Waals surface area contributed by atoms with E-state index in [1.54, 1.807) is 17.0 Å². The summed E-state index contributed by atoms with van der Waals surface area (Å²) in [6.07, 6.45) is -0.338. The molecule has 4 rings (SSSR count). The van der Waals surface area contributed by atoms with Gasteiger partial charge in [-0.2, -0.15) is 0 Å². The van der Waals surface area contributed by atoms with Crippen LogP contribution >= 0.6 is 0 Å². The minimum atomic E-state index is -0.338. The molecular weight excluding hydrogens is 315 g/mol. The van der Waals surface area contributed by atoms with E-state index in [0.29, 0.717) is 5.56 Å². The Morgan fingerprint density at radius 1 is 0.920 bits per heavy atom. The van der Waals surface area contributed by atoms with Gasteiger partial charge in [0.1, 0.15) is 12.0 Å². The first-order valence-electron chi connectivity index (χ1n) is 8.15. The lowest BCUT2D eigenvalue weighted by Crippen LogP contribution is -2.32. The normalized spacial score (nSPS) is 16.0. The van der Waals surface area contributed by atoms with Crippen LogP contribution in [0.5, 0.6) is 0 Å². The standard InChI is InChI=1S/C21H17FN2O/c1-14-6-2-5-9-19(14)24-20(23-16-12-10-15(22)11-13-16)17-7-3-4-8-18(17)21(24)25/h2-13,20,23H,1H3/t20-/m0/s1. The van der Waals surface area contributed by atoms with Crippen LogP contribution in [-0.2, 0) is 0 Å². The fourth-order valence-corrected chi connectivity index (χ4v) is 3.24. The number of aryl methyl sites for hydroxylation is 1. The third-order valence-electron chi connectivity index (χ3n) is 4.49. The number of carbonyl (C=O) groups is 1. The Kier molecular flexibility index (Phi) is 3.73. The van der Waals surface area contributed by atoms with Crippen molar-refractivity contribution in [3.8, 4) is 0 Å². The fourth-order valence-electron chi connectivity index (χ4n) is 3.24. The maximum absolute atomic E-state index is 13.2. The molecule has 1 N–H and O–H groups in total. The maximum atomic E-state index is 13.2. The lowest BCUT2D eigenvalue weighted by molar-refractivity contribution is 0.0993. The second-order valence-corrected chi connectivity index (χ2v) is 6.10. The molecule has 4 heteroatoms. The molecule has 0 fully saturated rings. The summed E-state index contributed by atoms with van der Waals surface area (Å²) >= 11 is 0. The molecule has 1 atom stereocenters. The van der Waals surface area contributed by atoms with Gasteiger partial charge < -0.3 is 5.32 Å². The fraction of sp³-hybridized carbons (Fsp3) is 0.0952. The van der Waals surface area contributed by atoms with Crippen LogP contribution in [0.3, 0.4) is 0 Å². The second-order valence-electron chi connectivity index (χ2n) is 6.10. The molecule has 3 aromatic rings. The van der Waals surface area contributed by atoms with Crippen LogP contribution in [0.15, 0.2) is 72.8 Å². The Morgan fingerprint density at radius 2 is 1.60 bits per heavy atom. The third kappa shape index (κ3) is 2.66. The molecular formula is C21H17FN2O. The Hall–Kier alpha value is -3.14. The molecule has 0 bridgehead atoms. The van der Waals surface area contributed by atoms with Gasteiger partial charge in [0.2, 0.25) is 0 Å². The van der Waals surface area contributed by atoms with Gasteiger partial charge in [-0.15, -0.1) is 0 Å². The number of fused-ring (bicyclic) bond motifs is 1. The van der Waals surface area contributed by atoms with E-state index in [0.717, 1.165) is 22.5 Å². The van der Waals surface area contributed by atoms with Crippen molar-refractivity contribution < 1.29 is 9.18 Å². The molecule has 0 unspecified atom stereocenters. The molecule has 0 saturated heterocycles. The second kappa shape index (κ2) is 6.06. The molecule has 0 aliphatic carbocycles. The van der Waals surface area contributed by atoms with Crippen LogP contribution in [-0.4, -0.2) is 5.91 Å². The van der Waals surface area contributed by atoms with E-state index in [1.807, 2.05) is 55.5 Å².